The average molecular weight is 510 g/mol. The molecule has 0 aliphatic carbocycles. The standard InChI is InChI=1S/C30H22O8/c31-17-4-1-15(2-5-17)26-14-25(36)20-8-10-23(34)29(30(20)38-26)21-11-16(3-9-22(21)33)27-13-24(35)19-7-6-18(32)12-28(19)37-27/h1-12,26-27,31-34H,13-14H2. The summed E-state index contributed by atoms with van der Waals surface area (Å²) in [5.41, 5.74) is 2.21. The van der Waals surface area contributed by atoms with Crippen LogP contribution >= 0.6 is 0 Å². The van der Waals surface area contributed by atoms with Gasteiger partial charge in [-0.2, -0.15) is 0 Å². The molecule has 0 fully saturated rings. The lowest BCUT2D eigenvalue weighted by molar-refractivity contribution is 0.0839. The Hall–Kier alpha value is -4.98. The second-order valence-electron chi connectivity index (χ2n) is 9.35. The van der Waals surface area contributed by atoms with Crippen LogP contribution in [-0.2, 0) is 0 Å². The van der Waals surface area contributed by atoms with Crippen LogP contribution in [0.15, 0.2) is 72.8 Å². The van der Waals surface area contributed by atoms with Gasteiger partial charge in [0.1, 0.15) is 46.7 Å². The van der Waals surface area contributed by atoms with Crippen molar-refractivity contribution in [3.05, 3.63) is 95.1 Å². The van der Waals surface area contributed by atoms with E-state index in [2.05, 4.69) is 0 Å². The summed E-state index contributed by atoms with van der Waals surface area (Å²) < 4.78 is 12.2. The minimum absolute atomic E-state index is 0.0329. The summed E-state index contributed by atoms with van der Waals surface area (Å²) >= 11 is 0. The van der Waals surface area contributed by atoms with Gasteiger partial charge in [0.2, 0.25) is 0 Å². The fraction of sp³-hybridized carbons (Fsp3) is 0.133. The van der Waals surface area contributed by atoms with Crippen molar-refractivity contribution in [2.45, 2.75) is 25.0 Å². The summed E-state index contributed by atoms with van der Waals surface area (Å²) in [6.45, 7) is 0. The zero-order chi connectivity index (χ0) is 26.6. The van der Waals surface area contributed by atoms with Crippen LogP contribution in [-0.4, -0.2) is 32.0 Å². The lowest BCUT2D eigenvalue weighted by atomic mass is 9.90. The third-order valence-electron chi connectivity index (χ3n) is 6.90. The maximum atomic E-state index is 13.1. The molecule has 2 heterocycles. The van der Waals surface area contributed by atoms with Crippen molar-refractivity contribution in [1.29, 1.82) is 0 Å². The van der Waals surface area contributed by atoms with Crippen molar-refractivity contribution in [3.63, 3.8) is 0 Å². The normalized spacial score (nSPS) is 18.2. The molecule has 8 heteroatoms. The SMILES string of the molecule is O=C1CC(c2ccc(O)c(-c3c(O)ccc4c3OC(c3ccc(O)cc3)CC4=O)c2)Oc2cc(O)ccc21. The molecule has 190 valence electrons. The Morgan fingerprint density at radius 2 is 1.18 bits per heavy atom. The van der Waals surface area contributed by atoms with Crippen LogP contribution in [0.4, 0.5) is 0 Å². The number of ketones is 2. The monoisotopic (exact) mass is 510 g/mol. The Balaban J connectivity index is 1.42. The Bertz CT molecular complexity index is 1610. The Kier molecular flexibility index (Phi) is 5.45. The van der Waals surface area contributed by atoms with Crippen LogP contribution in [0.5, 0.6) is 34.5 Å². The maximum absolute atomic E-state index is 13.1. The Labute approximate surface area is 217 Å². The number of hydrogen-bond donors (Lipinski definition) is 4. The molecule has 2 atom stereocenters. The van der Waals surface area contributed by atoms with Crippen molar-refractivity contribution in [3.8, 4) is 45.6 Å². The van der Waals surface area contributed by atoms with E-state index in [9.17, 15) is 30.0 Å². The minimum Gasteiger partial charge on any atom is -0.508 e. The zero-order valence-corrected chi connectivity index (χ0v) is 19.9. The molecule has 2 aliphatic rings. The number of carbonyl (C=O) groups is 2. The predicted molar refractivity (Wildman–Crippen MR) is 136 cm³/mol. The largest absolute Gasteiger partial charge is 0.508 e. The molecule has 0 bridgehead atoms. The van der Waals surface area contributed by atoms with Crippen molar-refractivity contribution < 1.29 is 39.5 Å². The number of phenolic OH excluding ortho intramolecular Hbond substituents is 4. The number of carbonyl (C=O) groups excluding carboxylic acids is 2. The topological polar surface area (TPSA) is 134 Å². The molecule has 6 rings (SSSR count). The van der Waals surface area contributed by atoms with E-state index in [0.29, 0.717) is 16.7 Å². The lowest BCUT2D eigenvalue weighted by Crippen LogP contribution is -2.21. The van der Waals surface area contributed by atoms with Gasteiger partial charge in [-0.05, 0) is 59.7 Å². The molecule has 2 aliphatic heterocycles. The molecule has 38 heavy (non-hydrogen) atoms. The summed E-state index contributed by atoms with van der Waals surface area (Å²) in [4.78, 5) is 25.8. The lowest BCUT2D eigenvalue weighted by Gasteiger charge is -2.29. The fourth-order valence-corrected chi connectivity index (χ4v) is 4.96. The molecule has 4 aromatic carbocycles. The predicted octanol–water partition coefficient (Wildman–Crippen LogP) is 5.59. The van der Waals surface area contributed by atoms with E-state index in [1.807, 2.05) is 0 Å². The molecule has 0 spiro atoms. The van der Waals surface area contributed by atoms with Gasteiger partial charge in [-0.25, -0.2) is 0 Å². The third-order valence-corrected chi connectivity index (χ3v) is 6.90. The second-order valence-corrected chi connectivity index (χ2v) is 9.35. The van der Waals surface area contributed by atoms with Crippen LogP contribution in [0.2, 0.25) is 0 Å². The first-order valence-corrected chi connectivity index (χ1v) is 12.0. The summed E-state index contributed by atoms with van der Waals surface area (Å²) in [5, 5.41) is 41.2. The minimum atomic E-state index is -0.704. The molecule has 0 saturated carbocycles. The molecule has 2 unspecified atom stereocenters. The van der Waals surface area contributed by atoms with Gasteiger partial charge in [-0.1, -0.05) is 18.2 Å². The Morgan fingerprint density at radius 3 is 1.95 bits per heavy atom. The molecule has 0 radical (unpaired) electrons. The van der Waals surface area contributed by atoms with Gasteiger partial charge in [0.05, 0.1) is 29.5 Å². The van der Waals surface area contributed by atoms with E-state index in [1.54, 1.807) is 24.3 Å². The molecule has 8 nitrogen and oxygen atoms in total. The quantitative estimate of drug-likeness (QED) is 0.280. The summed E-state index contributed by atoms with van der Waals surface area (Å²) in [6.07, 6.45) is -1.26. The van der Waals surface area contributed by atoms with Crippen molar-refractivity contribution in [2.75, 3.05) is 0 Å². The number of phenols is 4. The highest BCUT2D eigenvalue weighted by atomic mass is 16.5. The number of ether oxygens (including phenoxy) is 2. The molecule has 4 N–H and O–H groups in total. The van der Waals surface area contributed by atoms with Gasteiger partial charge in [0.15, 0.2) is 11.6 Å². The van der Waals surface area contributed by atoms with Crippen LogP contribution < -0.4 is 9.47 Å². The van der Waals surface area contributed by atoms with Crippen molar-refractivity contribution in [2.24, 2.45) is 0 Å². The average Bonchev–Trinajstić information content (AvgIpc) is 2.89. The van der Waals surface area contributed by atoms with Gasteiger partial charge in [-0.3, -0.25) is 9.59 Å². The van der Waals surface area contributed by atoms with E-state index in [0.717, 1.165) is 0 Å². The van der Waals surface area contributed by atoms with Crippen LogP contribution in [0, 0.1) is 0 Å². The number of fused-ring (bicyclic) bond motifs is 2. The molecule has 0 aromatic heterocycles. The van der Waals surface area contributed by atoms with E-state index in [1.165, 1.54) is 48.5 Å². The van der Waals surface area contributed by atoms with E-state index in [4.69, 9.17) is 9.47 Å². The first-order chi connectivity index (χ1) is 18.3. The Morgan fingerprint density at radius 1 is 0.579 bits per heavy atom. The molecular weight excluding hydrogens is 488 g/mol. The highest BCUT2D eigenvalue weighted by Gasteiger charge is 2.33. The summed E-state index contributed by atoms with van der Waals surface area (Å²) in [6, 6.07) is 18.1. The molecular formula is C30H22O8. The first-order valence-electron chi connectivity index (χ1n) is 12.0. The third kappa shape index (κ3) is 3.96. The van der Waals surface area contributed by atoms with Gasteiger partial charge in [0, 0.05) is 11.6 Å². The van der Waals surface area contributed by atoms with E-state index < -0.39 is 12.2 Å². The number of hydrogen-bond acceptors (Lipinski definition) is 8. The highest BCUT2D eigenvalue weighted by molar-refractivity contribution is 6.03. The van der Waals surface area contributed by atoms with Gasteiger partial charge >= 0.3 is 0 Å². The van der Waals surface area contributed by atoms with E-state index >= 15 is 0 Å². The summed E-state index contributed by atoms with van der Waals surface area (Å²) in [7, 11) is 0. The van der Waals surface area contributed by atoms with Gasteiger partial charge < -0.3 is 29.9 Å². The van der Waals surface area contributed by atoms with Gasteiger partial charge in [-0.15, -0.1) is 0 Å². The fourth-order valence-electron chi connectivity index (χ4n) is 4.96. The number of rotatable bonds is 3. The molecule has 0 amide bonds. The second kappa shape index (κ2) is 8.85. The van der Waals surface area contributed by atoms with E-state index in [-0.39, 0.29) is 75.6 Å². The smallest absolute Gasteiger partial charge is 0.170 e. The van der Waals surface area contributed by atoms with Crippen LogP contribution in [0.1, 0.15) is 56.9 Å². The van der Waals surface area contributed by atoms with Crippen LogP contribution in [0.3, 0.4) is 0 Å². The summed E-state index contributed by atoms with van der Waals surface area (Å²) in [5.74, 6) is -0.289. The van der Waals surface area contributed by atoms with Crippen LogP contribution in [0.25, 0.3) is 11.1 Å². The zero-order valence-electron chi connectivity index (χ0n) is 19.9. The maximum Gasteiger partial charge on any atom is 0.170 e. The van der Waals surface area contributed by atoms with Crippen molar-refractivity contribution in [1.82, 2.24) is 0 Å². The number of benzene rings is 4. The number of aromatic hydroxyl groups is 4. The first kappa shape index (κ1) is 23.4. The molecule has 0 saturated heterocycles. The van der Waals surface area contributed by atoms with Gasteiger partial charge in [0.25, 0.3) is 0 Å². The molecule has 4 aromatic rings. The van der Waals surface area contributed by atoms with Crippen molar-refractivity contribution >= 4 is 11.6 Å². The highest BCUT2D eigenvalue weighted by Crippen LogP contribution is 2.49. The number of Topliss-reactive ketones (excluding diaryl/α,β-unsaturated/α-hetero) is 2.